The molecule has 0 saturated carbocycles. The summed E-state index contributed by atoms with van der Waals surface area (Å²) in [4.78, 5) is 35.1. The van der Waals surface area contributed by atoms with Crippen LogP contribution in [0.3, 0.4) is 0 Å². The summed E-state index contributed by atoms with van der Waals surface area (Å²) in [6.45, 7) is 9.18. The molecule has 3 aliphatic rings. The number of nitrogens with zero attached hydrogens (tertiary/aromatic N) is 4. The number of aliphatic hydroxyl groups is 1. The normalized spacial score (nSPS) is 18.4. The molecule has 0 aromatic heterocycles. The van der Waals surface area contributed by atoms with Crippen molar-refractivity contribution < 1.29 is 24.7 Å². The highest BCUT2D eigenvalue weighted by Gasteiger charge is 2.29. The number of amidine groups is 1. The second-order valence-electron chi connectivity index (χ2n) is 11.0. The van der Waals surface area contributed by atoms with Crippen LogP contribution in [0.25, 0.3) is 0 Å². The van der Waals surface area contributed by atoms with Gasteiger partial charge < -0.3 is 25.4 Å². The fourth-order valence-electron chi connectivity index (χ4n) is 4.42. The molecule has 2 amide bonds. The Labute approximate surface area is 255 Å². The standard InChI is InChI=1S/C25H25BClN5O4S.C4H10O/c27-21-13-17(26(35)36)5-6-19(21)24(34)28-22-4-2-1-3-20(22)23-7-8-32-18(15-37-25(32)29-23)14-30-9-11-31(16-33)12-10-30;1-4(2,3)5/h1-8,13,15-16,23,35-36H,9-12,14H2,(H,28,34);5H,1-3H3. The van der Waals surface area contributed by atoms with E-state index in [4.69, 9.17) is 21.7 Å². The van der Waals surface area contributed by atoms with Crippen LogP contribution in [0.1, 0.15) is 42.7 Å². The second-order valence-corrected chi connectivity index (χ2v) is 12.3. The molecule has 1 atom stereocenters. The summed E-state index contributed by atoms with van der Waals surface area (Å²) < 4.78 is 0. The number of fused-ring (bicyclic) bond motifs is 1. The number of carbonyl (C=O) groups excluding carboxylic acids is 2. The molecule has 0 spiro atoms. The van der Waals surface area contributed by atoms with Crippen molar-refractivity contribution in [3.8, 4) is 0 Å². The minimum atomic E-state index is -1.66. The van der Waals surface area contributed by atoms with Gasteiger partial charge in [-0.05, 0) is 50.5 Å². The summed E-state index contributed by atoms with van der Waals surface area (Å²) in [5.41, 5.74) is 2.54. The minimum Gasteiger partial charge on any atom is -0.423 e. The Bertz CT molecular complexity index is 1380. The molecule has 5 rings (SSSR count). The average Bonchev–Trinajstić information content (AvgIpc) is 3.34. The lowest BCUT2D eigenvalue weighted by molar-refractivity contribution is -0.119. The first-order valence-electron chi connectivity index (χ1n) is 13.5. The van der Waals surface area contributed by atoms with Gasteiger partial charge in [0.15, 0.2) is 5.17 Å². The van der Waals surface area contributed by atoms with E-state index in [0.717, 1.165) is 55.6 Å². The molecule has 0 aliphatic carbocycles. The summed E-state index contributed by atoms with van der Waals surface area (Å²) >= 11 is 7.80. The predicted molar refractivity (Wildman–Crippen MR) is 169 cm³/mol. The summed E-state index contributed by atoms with van der Waals surface area (Å²) in [7, 11) is -1.66. The number of halogens is 1. The first-order valence-corrected chi connectivity index (χ1v) is 14.8. The summed E-state index contributed by atoms with van der Waals surface area (Å²) in [6, 6.07) is 11.5. The zero-order chi connectivity index (χ0) is 30.4. The Hall–Kier alpha value is -3.13. The number of carbonyl (C=O) groups is 2. The molecule has 1 fully saturated rings. The van der Waals surface area contributed by atoms with Crippen molar-refractivity contribution in [3.05, 3.63) is 82.0 Å². The Morgan fingerprint density at radius 2 is 1.86 bits per heavy atom. The van der Waals surface area contributed by atoms with E-state index >= 15 is 0 Å². The number of thioether (sulfide) groups is 1. The molecule has 1 saturated heterocycles. The van der Waals surface area contributed by atoms with E-state index in [1.165, 1.54) is 18.2 Å². The zero-order valence-corrected chi connectivity index (χ0v) is 25.3. The fourth-order valence-corrected chi connectivity index (χ4v) is 5.59. The number of anilines is 1. The summed E-state index contributed by atoms with van der Waals surface area (Å²) in [6.07, 6.45) is 4.94. The first kappa shape index (κ1) is 31.8. The van der Waals surface area contributed by atoms with Gasteiger partial charge >= 0.3 is 7.12 Å². The largest absolute Gasteiger partial charge is 0.488 e. The van der Waals surface area contributed by atoms with E-state index in [9.17, 15) is 19.6 Å². The third-order valence-electron chi connectivity index (χ3n) is 6.49. The molecule has 222 valence electrons. The first-order chi connectivity index (χ1) is 19.9. The number of rotatable bonds is 7. The van der Waals surface area contributed by atoms with Crippen molar-refractivity contribution in [3.63, 3.8) is 0 Å². The Balaban J connectivity index is 0.000000748. The smallest absolute Gasteiger partial charge is 0.423 e. The predicted octanol–water partition coefficient (Wildman–Crippen LogP) is 2.64. The molecule has 2 aromatic carbocycles. The quantitative estimate of drug-likeness (QED) is 0.278. The van der Waals surface area contributed by atoms with Gasteiger partial charge in [0, 0.05) is 61.3 Å². The molecule has 2 aromatic rings. The van der Waals surface area contributed by atoms with Crippen LogP contribution in [0.4, 0.5) is 5.69 Å². The van der Waals surface area contributed by atoms with Crippen LogP contribution in [0.5, 0.6) is 0 Å². The van der Waals surface area contributed by atoms with Crippen molar-refractivity contribution in [2.45, 2.75) is 32.4 Å². The Morgan fingerprint density at radius 3 is 2.50 bits per heavy atom. The Kier molecular flexibility index (Phi) is 10.5. The maximum Gasteiger partial charge on any atom is 0.488 e. The lowest BCUT2D eigenvalue weighted by Gasteiger charge is -2.34. The number of piperazine rings is 1. The maximum absolute atomic E-state index is 13.0. The van der Waals surface area contributed by atoms with Crippen molar-refractivity contribution in [1.29, 1.82) is 0 Å². The van der Waals surface area contributed by atoms with E-state index in [2.05, 4.69) is 20.5 Å². The topological polar surface area (TPSA) is 129 Å². The zero-order valence-electron chi connectivity index (χ0n) is 23.8. The minimum absolute atomic E-state index is 0.127. The van der Waals surface area contributed by atoms with E-state index in [-0.39, 0.29) is 22.1 Å². The van der Waals surface area contributed by atoms with Crippen LogP contribution in [0, 0.1) is 0 Å². The van der Waals surface area contributed by atoms with Gasteiger partial charge in [0.2, 0.25) is 6.41 Å². The van der Waals surface area contributed by atoms with E-state index in [0.29, 0.717) is 5.69 Å². The number of para-hydroxylation sites is 1. The van der Waals surface area contributed by atoms with Gasteiger partial charge in [0.25, 0.3) is 5.91 Å². The molecule has 42 heavy (non-hydrogen) atoms. The molecule has 3 aliphatic heterocycles. The number of nitrogens with one attached hydrogen (secondary N) is 1. The van der Waals surface area contributed by atoms with Crippen molar-refractivity contribution in [1.82, 2.24) is 14.7 Å². The van der Waals surface area contributed by atoms with Gasteiger partial charge in [0.1, 0.15) is 0 Å². The van der Waals surface area contributed by atoms with Gasteiger partial charge in [-0.15, -0.1) is 0 Å². The average molecular weight is 612 g/mol. The van der Waals surface area contributed by atoms with Gasteiger partial charge in [0.05, 0.1) is 22.2 Å². The molecule has 13 heteroatoms. The number of benzene rings is 2. The molecule has 0 bridgehead atoms. The monoisotopic (exact) mass is 611 g/mol. The van der Waals surface area contributed by atoms with Crippen LogP contribution in [0.15, 0.2) is 70.8 Å². The highest BCUT2D eigenvalue weighted by atomic mass is 35.5. The third kappa shape index (κ3) is 8.47. The van der Waals surface area contributed by atoms with Gasteiger partial charge in [-0.3, -0.25) is 19.4 Å². The molecule has 4 N–H and O–H groups in total. The van der Waals surface area contributed by atoms with Gasteiger partial charge in [-0.25, -0.2) is 4.99 Å². The van der Waals surface area contributed by atoms with E-state index in [1.807, 2.05) is 36.5 Å². The van der Waals surface area contributed by atoms with Crippen LogP contribution >= 0.6 is 23.4 Å². The van der Waals surface area contributed by atoms with Crippen LogP contribution in [-0.2, 0) is 4.79 Å². The molecular formula is C29H35BClN5O5S. The summed E-state index contributed by atoms with van der Waals surface area (Å²) in [5.74, 6) is -0.403. The van der Waals surface area contributed by atoms with Gasteiger partial charge in [-0.2, -0.15) is 0 Å². The van der Waals surface area contributed by atoms with Crippen molar-refractivity contribution in [2.24, 2.45) is 4.99 Å². The van der Waals surface area contributed by atoms with Crippen LogP contribution < -0.4 is 10.8 Å². The highest BCUT2D eigenvalue weighted by molar-refractivity contribution is 8.16. The lowest BCUT2D eigenvalue weighted by Crippen LogP contribution is -2.47. The van der Waals surface area contributed by atoms with Crippen LogP contribution in [0.2, 0.25) is 5.02 Å². The van der Waals surface area contributed by atoms with E-state index < -0.39 is 18.6 Å². The SMILES string of the molecule is CC(C)(C)O.O=CN1CCN(CC2=CSC3=NC(c4ccccc4NC(=O)c4ccc(B(O)O)cc4Cl)C=CN23)CC1. The van der Waals surface area contributed by atoms with Crippen molar-refractivity contribution in [2.75, 3.05) is 38.0 Å². The molecule has 1 unspecified atom stereocenters. The maximum atomic E-state index is 13.0. The molecular weight excluding hydrogens is 577 g/mol. The number of hydrogen-bond acceptors (Lipinski definition) is 9. The molecule has 0 radical (unpaired) electrons. The number of hydrogen-bond donors (Lipinski definition) is 4. The molecule has 10 nitrogen and oxygen atoms in total. The van der Waals surface area contributed by atoms with Crippen molar-refractivity contribution >= 4 is 59.1 Å². The van der Waals surface area contributed by atoms with Crippen LogP contribution in [-0.4, -0.2) is 92.8 Å². The Morgan fingerprint density at radius 1 is 1.17 bits per heavy atom. The highest BCUT2D eigenvalue weighted by Crippen LogP contribution is 2.36. The number of amides is 2. The number of aliphatic imine (C=N–C) groups is 1. The second kappa shape index (κ2) is 13.9. The lowest BCUT2D eigenvalue weighted by atomic mass is 9.80. The summed E-state index contributed by atoms with van der Waals surface area (Å²) in [5, 5.41) is 33.2. The van der Waals surface area contributed by atoms with Gasteiger partial charge in [-0.1, -0.05) is 47.6 Å². The van der Waals surface area contributed by atoms with E-state index in [1.54, 1.807) is 37.4 Å². The third-order valence-corrected chi connectivity index (χ3v) is 7.70. The molecule has 3 heterocycles. The fraction of sp³-hybridized carbons (Fsp3) is 0.345.